The third-order valence-corrected chi connectivity index (χ3v) is 4.88. The number of carbonyl (C=O) groups excluding carboxylic acids is 1. The molecule has 1 aromatic heterocycles. The molecule has 1 amide bonds. The van der Waals surface area contributed by atoms with Crippen molar-refractivity contribution < 1.29 is 9.53 Å². The number of carbonyl (C=O) groups is 1. The van der Waals surface area contributed by atoms with Gasteiger partial charge in [-0.05, 0) is 49.6 Å². The average Bonchev–Trinajstić information content (AvgIpc) is 3.03. The van der Waals surface area contributed by atoms with Gasteiger partial charge in [0.15, 0.2) is 0 Å². The van der Waals surface area contributed by atoms with E-state index in [0.717, 1.165) is 23.7 Å². The van der Waals surface area contributed by atoms with Crippen molar-refractivity contribution in [3.05, 3.63) is 46.7 Å². The largest absolute Gasteiger partial charge is 0.375 e. The van der Waals surface area contributed by atoms with Crippen molar-refractivity contribution in [1.82, 2.24) is 0 Å². The van der Waals surface area contributed by atoms with E-state index in [-0.39, 0.29) is 12.0 Å². The van der Waals surface area contributed by atoms with Gasteiger partial charge in [0.05, 0.1) is 19.1 Å². The summed E-state index contributed by atoms with van der Waals surface area (Å²) in [5.41, 5.74) is 2.01. The summed E-state index contributed by atoms with van der Waals surface area (Å²) in [4.78, 5) is 15.5. The van der Waals surface area contributed by atoms with E-state index in [1.807, 2.05) is 29.6 Å². The molecule has 2 heterocycles. The van der Waals surface area contributed by atoms with Crippen LogP contribution in [0.25, 0.3) is 0 Å². The normalized spacial score (nSPS) is 21.2. The number of anilines is 2. The third kappa shape index (κ3) is 4.12. The van der Waals surface area contributed by atoms with Gasteiger partial charge in [-0.2, -0.15) is 0 Å². The second-order valence-electron chi connectivity index (χ2n) is 6.00. The molecule has 2 aromatic rings. The highest BCUT2D eigenvalue weighted by molar-refractivity contribution is 7.10. The van der Waals surface area contributed by atoms with Crippen LogP contribution < -0.4 is 10.2 Å². The van der Waals surface area contributed by atoms with E-state index in [9.17, 15) is 4.79 Å². The lowest BCUT2D eigenvalue weighted by molar-refractivity contribution is -0.115. The maximum absolute atomic E-state index is 12.0. The fourth-order valence-electron chi connectivity index (χ4n) is 2.78. The smallest absolute Gasteiger partial charge is 0.229 e. The van der Waals surface area contributed by atoms with Crippen molar-refractivity contribution in [1.29, 1.82) is 0 Å². The van der Waals surface area contributed by atoms with Crippen molar-refractivity contribution in [3.8, 4) is 0 Å². The van der Waals surface area contributed by atoms with Gasteiger partial charge in [-0.3, -0.25) is 4.79 Å². The first kappa shape index (κ1) is 16.0. The lowest BCUT2D eigenvalue weighted by Gasteiger charge is -2.38. The van der Waals surface area contributed by atoms with Crippen LogP contribution in [0.15, 0.2) is 41.8 Å². The molecule has 4 nitrogen and oxygen atoms in total. The molecule has 2 unspecified atom stereocenters. The molecule has 122 valence electrons. The van der Waals surface area contributed by atoms with Crippen LogP contribution in [-0.4, -0.2) is 31.2 Å². The summed E-state index contributed by atoms with van der Waals surface area (Å²) in [5, 5.41) is 4.94. The Morgan fingerprint density at radius 1 is 1.30 bits per heavy atom. The van der Waals surface area contributed by atoms with E-state index in [1.54, 1.807) is 11.3 Å². The minimum atomic E-state index is 0.0218. The van der Waals surface area contributed by atoms with Crippen LogP contribution in [0.1, 0.15) is 18.7 Å². The lowest BCUT2D eigenvalue weighted by Crippen LogP contribution is -2.47. The Bertz CT molecular complexity index is 640. The number of ether oxygens (including phenoxy) is 1. The Balaban J connectivity index is 1.61. The summed E-state index contributed by atoms with van der Waals surface area (Å²) in [6.07, 6.45) is 0.675. The molecule has 0 spiro atoms. The molecule has 0 aliphatic carbocycles. The molecule has 1 saturated heterocycles. The van der Waals surface area contributed by atoms with Crippen molar-refractivity contribution in [3.63, 3.8) is 0 Å². The van der Waals surface area contributed by atoms with E-state index >= 15 is 0 Å². The molecule has 1 fully saturated rings. The number of nitrogens with one attached hydrogen (secondary N) is 1. The summed E-state index contributed by atoms with van der Waals surface area (Å²) >= 11 is 1.60. The number of benzene rings is 1. The summed E-state index contributed by atoms with van der Waals surface area (Å²) in [6.45, 7) is 5.91. The number of amides is 1. The zero-order chi connectivity index (χ0) is 16.2. The van der Waals surface area contributed by atoms with E-state index in [4.69, 9.17) is 4.74 Å². The van der Waals surface area contributed by atoms with E-state index < -0.39 is 0 Å². The highest BCUT2D eigenvalue weighted by atomic mass is 32.1. The highest BCUT2D eigenvalue weighted by Gasteiger charge is 2.23. The van der Waals surface area contributed by atoms with Crippen LogP contribution in [0.5, 0.6) is 0 Å². The van der Waals surface area contributed by atoms with Gasteiger partial charge < -0.3 is 15.0 Å². The summed E-state index contributed by atoms with van der Waals surface area (Å²) < 4.78 is 5.67. The SMILES string of the molecule is CC1CN(c2ccc(NC(=O)Cc3cccs3)cc2)C(C)CO1. The molecule has 0 radical (unpaired) electrons. The summed E-state index contributed by atoms with van der Waals surface area (Å²) in [5.74, 6) is 0.0218. The van der Waals surface area contributed by atoms with Gasteiger partial charge in [-0.1, -0.05) is 6.07 Å². The summed E-state index contributed by atoms with van der Waals surface area (Å²) in [7, 11) is 0. The number of thiophene rings is 1. The van der Waals surface area contributed by atoms with Crippen LogP contribution in [0, 0.1) is 0 Å². The van der Waals surface area contributed by atoms with Crippen LogP contribution in [0.2, 0.25) is 0 Å². The van der Waals surface area contributed by atoms with E-state index in [0.29, 0.717) is 12.5 Å². The Kier molecular flexibility index (Phi) is 4.98. The molecule has 1 aliphatic heterocycles. The predicted molar refractivity (Wildman–Crippen MR) is 95.3 cm³/mol. The molecule has 2 atom stereocenters. The molecule has 0 saturated carbocycles. The Morgan fingerprint density at radius 3 is 2.78 bits per heavy atom. The Labute approximate surface area is 141 Å². The van der Waals surface area contributed by atoms with Gasteiger partial charge in [0, 0.05) is 28.8 Å². The van der Waals surface area contributed by atoms with Gasteiger partial charge in [0.2, 0.25) is 5.91 Å². The van der Waals surface area contributed by atoms with Gasteiger partial charge >= 0.3 is 0 Å². The number of nitrogens with zero attached hydrogens (tertiary/aromatic N) is 1. The zero-order valence-electron chi connectivity index (χ0n) is 13.5. The average molecular weight is 330 g/mol. The molecule has 1 aliphatic rings. The van der Waals surface area contributed by atoms with Gasteiger partial charge in [0.1, 0.15) is 0 Å². The van der Waals surface area contributed by atoms with Crippen molar-refractivity contribution in [2.75, 3.05) is 23.4 Å². The van der Waals surface area contributed by atoms with Crippen LogP contribution in [0.3, 0.4) is 0 Å². The first-order valence-corrected chi connectivity index (χ1v) is 8.80. The van der Waals surface area contributed by atoms with Crippen LogP contribution in [0.4, 0.5) is 11.4 Å². The maximum Gasteiger partial charge on any atom is 0.229 e. The third-order valence-electron chi connectivity index (χ3n) is 4.01. The van der Waals surface area contributed by atoms with Gasteiger partial charge in [0.25, 0.3) is 0 Å². The number of hydrogen-bond donors (Lipinski definition) is 1. The monoisotopic (exact) mass is 330 g/mol. The number of rotatable bonds is 4. The molecular formula is C18H22N2O2S. The van der Waals surface area contributed by atoms with Gasteiger partial charge in [-0.25, -0.2) is 0 Å². The Morgan fingerprint density at radius 2 is 2.09 bits per heavy atom. The molecule has 1 aromatic carbocycles. The van der Waals surface area contributed by atoms with Crippen molar-refractivity contribution in [2.24, 2.45) is 0 Å². The molecule has 23 heavy (non-hydrogen) atoms. The quantitative estimate of drug-likeness (QED) is 0.932. The van der Waals surface area contributed by atoms with Crippen molar-refractivity contribution >= 4 is 28.6 Å². The lowest BCUT2D eigenvalue weighted by atomic mass is 10.1. The fraction of sp³-hybridized carbons (Fsp3) is 0.389. The maximum atomic E-state index is 12.0. The molecular weight excluding hydrogens is 308 g/mol. The fourth-order valence-corrected chi connectivity index (χ4v) is 3.48. The molecule has 0 bridgehead atoms. The minimum Gasteiger partial charge on any atom is -0.375 e. The predicted octanol–water partition coefficient (Wildman–Crippen LogP) is 3.54. The van der Waals surface area contributed by atoms with Crippen LogP contribution >= 0.6 is 11.3 Å². The van der Waals surface area contributed by atoms with Crippen LogP contribution in [-0.2, 0) is 16.0 Å². The van der Waals surface area contributed by atoms with Crippen molar-refractivity contribution in [2.45, 2.75) is 32.4 Å². The minimum absolute atomic E-state index is 0.0218. The first-order chi connectivity index (χ1) is 11.1. The molecule has 5 heteroatoms. The van der Waals surface area contributed by atoms with E-state index in [2.05, 4.69) is 36.2 Å². The Hall–Kier alpha value is -1.85. The number of hydrogen-bond acceptors (Lipinski definition) is 4. The van der Waals surface area contributed by atoms with Gasteiger partial charge in [-0.15, -0.1) is 11.3 Å². The second-order valence-corrected chi connectivity index (χ2v) is 7.03. The topological polar surface area (TPSA) is 41.6 Å². The molecule has 1 N–H and O–H groups in total. The van der Waals surface area contributed by atoms with E-state index in [1.165, 1.54) is 5.69 Å². The number of morpholine rings is 1. The summed E-state index contributed by atoms with van der Waals surface area (Å²) in [6, 6.07) is 12.4. The highest BCUT2D eigenvalue weighted by Crippen LogP contribution is 2.23. The second kappa shape index (κ2) is 7.15. The standard InChI is InChI=1S/C18H22N2O2S/c1-13-12-22-14(2)11-20(13)16-7-5-15(6-8-16)19-18(21)10-17-4-3-9-23-17/h3-9,13-14H,10-12H2,1-2H3,(H,19,21). The zero-order valence-corrected chi connectivity index (χ0v) is 14.3. The molecule has 3 rings (SSSR count). The first-order valence-electron chi connectivity index (χ1n) is 7.92.